The highest BCUT2D eigenvalue weighted by Gasteiger charge is 2.20. The Bertz CT molecular complexity index is 567. The van der Waals surface area contributed by atoms with Crippen LogP contribution in [0.2, 0.25) is 0 Å². The molecule has 94 valence electrons. The third kappa shape index (κ3) is 2.12. The fourth-order valence-electron chi connectivity index (χ4n) is 2.21. The van der Waals surface area contributed by atoms with Crippen LogP contribution in [0, 0.1) is 0 Å². The maximum absolute atomic E-state index is 11.3. The van der Waals surface area contributed by atoms with Crippen molar-refractivity contribution in [2.45, 2.75) is 19.4 Å². The molecule has 5 heteroatoms. The lowest BCUT2D eigenvalue weighted by Crippen LogP contribution is -2.08. The van der Waals surface area contributed by atoms with E-state index in [0.717, 1.165) is 22.0 Å². The largest absolute Gasteiger partial charge is 0.327 e. The molecule has 0 spiro atoms. The van der Waals surface area contributed by atoms with Gasteiger partial charge >= 0.3 is 0 Å². The van der Waals surface area contributed by atoms with E-state index in [9.17, 15) is 4.79 Å². The van der Waals surface area contributed by atoms with E-state index in [1.807, 2.05) is 29.4 Å². The zero-order valence-corrected chi connectivity index (χ0v) is 11.8. The van der Waals surface area contributed by atoms with Crippen LogP contribution in [-0.2, 0) is 0 Å². The van der Waals surface area contributed by atoms with E-state index >= 15 is 0 Å². The Labute approximate surface area is 114 Å². The third-order valence-corrected chi connectivity index (χ3v) is 5.35. The molecule has 2 aromatic rings. The molecule has 1 unspecified atom stereocenters. The predicted molar refractivity (Wildman–Crippen MR) is 76.5 cm³/mol. The molecule has 0 aromatic carbocycles. The van der Waals surface area contributed by atoms with Crippen molar-refractivity contribution in [3.05, 3.63) is 28.7 Å². The minimum Gasteiger partial charge on any atom is -0.327 e. The van der Waals surface area contributed by atoms with Crippen molar-refractivity contribution in [3.63, 3.8) is 0 Å². The Kier molecular flexibility index (Phi) is 3.26. The second-order valence-electron chi connectivity index (χ2n) is 4.43. The number of aromatic nitrogens is 2. The highest BCUT2D eigenvalue weighted by Crippen LogP contribution is 2.32. The van der Waals surface area contributed by atoms with Crippen molar-refractivity contribution in [2.24, 2.45) is 0 Å². The van der Waals surface area contributed by atoms with Crippen LogP contribution in [0.1, 0.15) is 29.1 Å². The molecular weight excluding hydrogens is 264 g/mol. The fourth-order valence-corrected chi connectivity index (χ4v) is 4.20. The topological polar surface area (TPSA) is 34.9 Å². The number of rotatable bonds is 3. The van der Waals surface area contributed by atoms with Crippen LogP contribution in [0.15, 0.2) is 23.8 Å². The van der Waals surface area contributed by atoms with Gasteiger partial charge in [-0.3, -0.25) is 4.79 Å². The zero-order valence-electron chi connectivity index (χ0n) is 10.1. The predicted octanol–water partition coefficient (Wildman–Crippen LogP) is 3.49. The molecule has 1 saturated heterocycles. The van der Waals surface area contributed by atoms with Crippen LogP contribution in [-0.4, -0.2) is 26.8 Å². The van der Waals surface area contributed by atoms with Gasteiger partial charge in [0.2, 0.25) is 0 Å². The summed E-state index contributed by atoms with van der Waals surface area (Å²) in [4.78, 5) is 16.6. The first kappa shape index (κ1) is 12.0. The molecule has 0 bridgehead atoms. The lowest BCUT2D eigenvalue weighted by molar-refractivity contribution is 0.102. The molecule has 0 N–H and O–H groups in total. The Morgan fingerprint density at radius 3 is 3.11 bits per heavy atom. The van der Waals surface area contributed by atoms with E-state index in [0.29, 0.717) is 6.04 Å². The monoisotopic (exact) mass is 278 g/mol. The molecule has 18 heavy (non-hydrogen) atoms. The Morgan fingerprint density at radius 1 is 1.56 bits per heavy atom. The van der Waals surface area contributed by atoms with Crippen molar-refractivity contribution < 1.29 is 4.79 Å². The molecule has 3 heterocycles. The van der Waals surface area contributed by atoms with E-state index in [4.69, 9.17) is 0 Å². The van der Waals surface area contributed by atoms with Gasteiger partial charge in [-0.1, -0.05) is 0 Å². The standard InChI is InChI=1S/C13H14N2OS2/c1-9(16)12-6-10(7-18-12)13-14-3-4-15(13)11-2-5-17-8-11/h3-4,6-7,11H,2,5,8H2,1H3. The summed E-state index contributed by atoms with van der Waals surface area (Å²) in [6.45, 7) is 1.61. The quantitative estimate of drug-likeness (QED) is 0.806. The van der Waals surface area contributed by atoms with E-state index in [2.05, 4.69) is 15.7 Å². The van der Waals surface area contributed by atoms with Crippen molar-refractivity contribution in [1.29, 1.82) is 0 Å². The average Bonchev–Trinajstić information content (AvgIpc) is 3.10. The molecule has 3 nitrogen and oxygen atoms in total. The summed E-state index contributed by atoms with van der Waals surface area (Å²) < 4.78 is 2.26. The summed E-state index contributed by atoms with van der Waals surface area (Å²) in [6, 6.07) is 2.50. The first-order valence-corrected chi connectivity index (χ1v) is 7.99. The van der Waals surface area contributed by atoms with Gasteiger partial charge in [-0.25, -0.2) is 4.98 Å². The summed E-state index contributed by atoms with van der Waals surface area (Å²) in [5, 5.41) is 2.03. The van der Waals surface area contributed by atoms with Crippen LogP contribution in [0.4, 0.5) is 0 Å². The number of thioether (sulfide) groups is 1. The summed E-state index contributed by atoms with van der Waals surface area (Å²) in [5.41, 5.74) is 1.06. The molecule has 3 rings (SSSR count). The molecule has 2 aromatic heterocycles. The van der Waals surface area contributed by atoms with Crippen LogP contribution >= 0.6 is 23.1 Å². The smallest absolute Gasteiger partial charge is 0.169 e. The molecule has 0 aliphatic carbocycles. The van der Waals surface area contributed by atoms with Gasteiger partial charge in [0.1, 0.15) is 5.82 Å². The first-order valence-electron chi connectivity index (χ1n) is 5.96. The molecule has 1 fully saturated rings. The van der Waals surface area contributed by atoms with Crippen LogP contribution in [0.5, 0.6) is 0 Å². The van der Waals surface area contributed by atoms with E-state index in [1.54, 1.807) is 6.92 Å². The number of thiophene rings is 1. The summed E-state index contributed by atoms with van der Waals surface area (Å²) >= 11 is 3.49. The number of carbonyl (C=O) groups is 1. The van der Waals surface area contributed by atoms with Gasteiger partial charge in [-0.05, 0) is 25.2 Å². The Hall–Kier alpha value is -1.07. The number of ketones is 1. The second-order valence-corrected chi connectivity index (χ2v) is 6.49. The molecule has 0 amide bonds. The van der Waals surface area contributed by atoms with E-state index < -0.39 is 0 Å². The van der Waals surface area contributed by atoms with Crippen LogP contribution in [0.3, 0.4) is 0 Å². The lowest BCUT2D eigenvalue weighted by Gasteiger charge is -2.13. The van der Waals surface area contributed by atoms with E-state index in [1.165, 1.54) is 23.5 Å². The molecule has 0 radical (unpaired) electrons. The maximum Gasteiger partial charge on any atom is 0.169 e. The second kappa shape index (κ2) is 4.90. The van der Waals surface area contributed by atoms with Crippen LogP contribution in [0.25, 0.3) is 11.4 Å². The maximum atomic E-state index is 11.3. The Morgan fingerprint density at radius 2 is 2.44 bits per heavy atom. The van der Waals surface area contributed by atoms with Crippen molar-refractivity contribution in [2.75, 3.05) is 11.5 Å². The van der Waals surface area contributed by atoms with Gasteiger partial charge in [0.25, 0.3) is 0 Å². The van der Waals surface area contributed by atoms with Crippen molar-refractivity contribution >= 4 is 28.9 Å². The third-order valence-electron chi connectivity index (χ3n) is 3.17. The van der Waals surface area contributed by atoms with Gasteiger partial charge < -0.3 is 4.57 Å². The molecular formula is C13H14N2OS2. The molecule has 1 aliphatic rings. The van der Waals surface area contributed by atoms with Gasteiger partial charge in [-0.15, -0.1) is 11.3 Å². The minimum absolute atomic E-state index is 0.126. The van der Waals surface area contributed by atoms with Crippen molar-refractivity contribution in [1.82, 2.24) is 9.55 Å². The lowest BCUT2D eigenvalue weighted by atomic mass is 10.2. The summed E-state index contributed by atoms with van der Waals surface area (Å²) in [5.74, 6) is 3.50. The van der Waals surface area contributed by atoms with Gasteiger partial charge in [0.05, 0.1) is 4.88 Å². The number of Topliss-reactive ketones (excluding diaryl/α,β-unsaturated/α-hetero) is 1. The van der Waals surface area contributed by atoms with E-state index in [-0.39, 0.29) is 5.78 Å². The minimum atomic E-state index is 0.126. The van der Waals surface area contributed by atoms with Crippen molar-refractivity contribution in [3.8, 4) is 11.4 Å². The number of carbonyl (C=O) groups excluding carboxylic acids is 1. The number of nitrogens with zero attached hydrogens (tertiary/aromatic N) is 2. The summed E-state index contributed by atoms with van der Waals surface area (Å²) in [7, 11) is 0. The van der Waals surface area contributed by atoms with Gasteiger partial charge in [-0.2, -0.15) is 11.8 Å². The summed E-state index contributed by atoms with van der Waals surface area (Å²) in [6.07, 6.45) is 5.11. The van der Waals surface area contributed by atoms with Crippen LogP contribution < -0.4 is 0 Å². The number of hydrogen-bond acceptors (Lipinski definition) is 4. The van der Waals surface area contributed by atoms with Gasteiger partial charge in [0, 0.05) is 35.1 Å². The highest BCUT2D eigenvalue weighted by molar-refractivity contribution is 7.99. The highest BCUT2D eigenvalue weighted by atomic mass is 32.2. The number of imidazole rings is 1. The fraction of sp³-hybridized carbons (Fsp3) is 0.385. The average molecular weight is 278 g/mol. The SMILES string of the molecule is CC(=O)c1cc(-c2nccn2C2CCSC2)cs1. The Balaban J connectivity index is 1.95. The number of hydrogen-bond donors (Lipinski definition) is 0. The first-order chi connectivity index (χ1) is 8.75. The normalized spacial score (nSPS) is 19.3. The molecule has 1 atom stereocenters. The molecule has 0 saturated carbocycles. The van der Waals surface area contributed by atoms with Gasteiger partial charge in [0.15, 0.2) is 5.78 Å². The zero-order chi connectivity index (χ0) is 12.5. The molecule has 1 aliphatic heterocycles.